The highest BCUT2D eigenvalue weighted by Crippen LogP contribution is 2.35. The number of carbonyl (C=O) groups is 2. The molecule has 1 atom stereocenters. The van der Waals surface area contributed by atoms with Gasteiger partial charge in [-0.1, -0.05) is 19.1 Å². The Balaban J connectivity index is 1.93. The number of nitrogens with zero attached hydrogens (tertiary/aromatic N) is 3. The maximum Gasteiger partial charge on any atom is 0.311 e. The zero-order valence-electron chi connectivity index (χ0n) is 14.7. The average Bonchev–Trinajstić information content (AvgIpc) is 3.19. The van der Waals surface area contributed by atoms with Crippen LogP contribution in [0.2, 0.25) is 0 Å². The van der Waals surface area contributed by atoms with Crippen LogP contribution >= 0.6 is 0 Å². The molecule has 0 saturated carbocycles. The zero-order chi connectivity index (χ0) is 20.3. The monoisotopic (exact) mass is 383 g/mol. The van der Waals surface area contributed by atoms with Crippen LogP contribution in [0, 0.1) is 0 Å². The van der Waals surface area contributed by atoms with E-state index in [0.29, 0.717) is 11.3 Å². The fraction of sp³-hybridized carbons (Fsp3) is 0.167. The molecule has 10 heteroatoms. The van der Waals surface area contributed by atoms with Crippen LogP contribution in [-0.4, -0.2) is 47.8 Å². The number of hydrogen-bond acceptors (Lipinski definition) is 7. The molecule has 1 unspecified atom stereocenters. The summed E-state index contributed by atoms with van der Waals surface area (Å²) in [5.41, 5.74) is 0.705. The van der Waals surface area contributed by atoms with Crippen molar-refractivity contribution in [3.63, 3.8) is 0 Å². The first kappa shape index (κ1) is 18.8. The zero-order valence-corrected chi connectivity index (χ0v) is 14.7. The van der Waals surface area contributed by atoms with Crippen molar-refractivity contribution in [2.24, 2.45) is 0 Å². The molecule has 1 amide bonds. The summed E-state index contributed by atoms with van der Waals surface area (Å²) < 4.78 is 0. The van der Waals surface area contributed by atoms with Crippen molar-refractivity contribution in [1.82, 2.24) is 20.6 Å². The number of tetrazole rings is 1. The second kappa shape index (κ2) is 7.74. The quantitative estimate of drug-likeness (QED) is 0.404. The second-order valence-corrected chi connectivity index (χ2v) is 5.96. The van der Waals surface area contributed by atoms with Crippen LogP contribution < -0.4 is 5.32 Å². The van der Waals surface area contributed by atoms with Crippen molar-refractivity contribution < 1.29 is 24.9 Å². The van der Waals surface area contributed by atoms with Gasteiger partial charge >= 0.3 is 5.97 Å². The van der Waals surface area contributed by atoms with Gasteiger partial charge in [0.05, 0.1) is 17.2 Å². The van der Waals surface area contributed by atoms with E-state index in [1.165, 1.54) is 0 Å². The van der Waals surface area contributed by atoms with Crippen molar-refractivity contribution in [3.8, 4) is 22.9 Å². The molecule has 10 nitrogen and oxygen atoms in total. The van der Waals surface area contributed by atoms with E-state index in [2.05, 4.69) is 25.9 Å². The molecule has 3 aromatic rings. The van der Waals surface area contributed by atoms with Gasteiger partial charge < -0.3 is 20.6 Å². The van der Waals surface area contributed by atoms with Gasteiger partial charge in [-0.3, -0.25) is 9.59 Å². The van der Waals surface area contributed by atoms with Gasteiger partial charge in [0.15, 0.2) is 0 Å². The lowest BCUT2D eigenvalue weighted by Crippen LogP contribution is -2.15. The summed E-state index contributed by atoms with van der Waals surface area (Å²) in [5.74, 6) is -3.39. The van der Waals surface area contributed by atoms with E-state index in [9.17, 15) is 24.9 Å². The van der Waals surface area contributed by atoms with Crippen LogP contribution in [-0.2, 0) is 4.79 Å². The third kappa shape index (κ3) is 3.61. The Morgan fingerprint density at radius 2 is 1.93 bits per heavy atom. The minimum absolute atomic E-state index is 0.0382. The molecule has 0 fully saturated rings. The number of aromatic hydroxyl groups is 2. The Hall–Kier alpha value is -3.95. The number of carboxylic acid groups (broad SMARTS) is 1. The van der Waals surface area contributed by atoms with Gasteiger partial charge in [0.25, 0.3) is 5.91 Å². The Morgan fingerprint density at radius 3 is 2.57 bits per heavy atom. The van der Waals surface area contributed by atoms with Crippen molar-refractivity contribution >= 4 is 17.6 Å². The molecule has 3 rings (SSSR count). The van der Waals surface area contributed by atoms with Crippen molar-refractivity contribution in [2.45, 2.75) is 19.3 Å². The number of phenols is 2. The lowest BCUT2D eigenvalue weighted by Gasteiger charge is -2.15. The summed E-state index contributed by atoms with van der Waals surface area (Å²) in [5, 5.41) is 45.9. The summed E-state index contributed by atoms with van der Waals surface area (Å²) in [4.78, 5) is 23.9. The van der Waals surface area contributed by atoms with Crippen molar-refractivity contribution in [3.05, 3.63) is 47.5 Å². The molecule has 0 radical (unpaired) electrons. The molecular weight excluding hydrogens is 366 g/mol. The summed E-state index contributed by atoms with van der Waals surface area (Å²) >= 11 is 0. The van der Waals surface area contributed by atoms with Crippen molar-refractivity contribution in [1.29, 1.82) is 0 Å². The standard InChI is InChI=1S/C18H17N5O5/c1-2-9(18(27)28)11-7-15(25)12(8-14(11)24)17(26)19-13-6-4-3-5-10(13)16-20-22-23-21-16/h3-9,24-25H,2H2,1H3,(H,19,26)(H,27,28)(H,20,21,22,23). The van der Waals surface area contributed by atoms with Crippen LogP contribution in [0.5, 0.6) is 11.5 Å². The van der Waals surface area contributed by atoms with Gasteiger partial charge in [0.1, 0.15) is 11.5 Å². The number of hydrogen-bond donors (Lipinski definition) is 5. The number of anilines is 1. The average molecular weight is 383 g/mol. The summed E-state index contributed by atoms with van der Waals surface area (Å²) in [6.45, 7) is 1.64. The number of H-pyrrole nitrogens is 1. The fourth-order valence-corrected chi connectivity index (χ4v) is 2.83. The number of rotatable bonds is 6. The summed E-state index contributed by atoms with van der Waals surface area (Å²) in [6.07, 6.45) is 0.214. The highest BCUT2D eigenvalue weighted by molar-refractivity contribution is 6.08. The first-order valence-corrected chi connectivity index (χ1v) is 8.35. The minimum atomic E-state index is -1.14. The minimum Gasteiger partial charge on any atom is -0.508 e. The predicted octanol–water partition coefficient (Wildman–Crippen LogP) is 2.11. The number of aromatic nitrogens is 4. The second-order valence-electron chi connectivity index (χ2n) is 5.96. The van der Waals surface area contributed by atoms with Gasteiger partial charge in [-0.15, -0.1) is 10.2 Å². The third-order valence-corrected chi connectivity index (χ3v) is 4.23. The molecule has 0 aliphatic rings. The first-order chi connectivity index (χ1) is 13.4. The molecule has 5 N–H and O–H groups in total. The molecule has 0 aliphatic heterocycles. The van der Waals surface area contributed by atoms with Crippen LogP contribution in [0.15, 0.2) is 36.4 Å². The number of carboxylic acids is 1. The number of amides is 1. The summed E-state index contributed by atoms with van der Waals surface area (Å²) in [7, 11) is 0. The Bertz CT molecular complexity index is 1020. The molecule has 0 aliphatic carbocycles. The Morgan fingerprint density at radius 1 is 1.18 bits per heavy atom. The van der Waals surface area contributed by atoms with E-state index >= 15 is 0 Å². The molecule has 1 heterocycles. The maximum absolute atomic E-state index is 12.6. The molecule has 2 aromatic carbocycles. The van der Waals surface area contributed by atoms with Crippen molar-refractivity contribution in [2.75, 3.05) is 5.32 Å². The maximum atomic E-state index is 12.6. The number of carbonyl (C=O) groups excluding carboxylic acids is 1. The Labute approximate surface area is 158 Å². The molecule has 0 saturated heterocycles. The Kier molecular flexibility index (Phi) is 5.21. The molecule has 144 valence electrons. The van der Waals surface area contributed by atoms with E-state index < -0.39 is 23.5 Å². The summed E-state index contributed by atoms with van der Waals surface area (Å²) in [6, 6.07) is 8.86. The third-order valence-electron chi connectivity index (χ3n) is 4.23. The van der Waals surface area contributed by atoms with Gasteiger partial charge in [-0.05, 0) is 35.9 Å². The lowest BCUT2D eigenvalue weighted by atomic mass is 9.94. The number of phenolic OH excluding ortho intramolecular Hbond substituents is 2. The number of aromatic amines is 1. The number of benzene rings is 2. The van der Waals surface area contributed by atoms with Gasteiger partial charge in [0.2, 0.25) is 5.82 Å². The molecule has 28 heavy (non-hydrogen) atoms. The SMILES string of the molecule is CCC(C(=O)O)c1cc(O)c(C(=O)Nc2ccccc2-c2nn[nH]n2)cc1O. The number of aliphatic carboxylic acids is 1. The van der Waals surface area contributed by atoms with Gasteiger partial charge in [-0.25, -0.2) is 0 Å². The molecule has 0 spiro atoms. The highest BCUT2D eigenvalue weighted by atomic mass is 16.4. The fourth-order valence-electron chi connectivity index (χ4n) is 2.83. The molecular formula is C18H17N5O5. The van der Waals surface area contributed by atoms with E-state index in [-0.39, 0.29) is 29.1 Å². The van der Waals surface area contributed by atoms with E-state index in [4.69, 9.17) is 0 Å². The molecule has 0 bridgehead atoms. The predicted molar refractivity (Wildman–Crippen MR) is 98.0 cm³/mol. The van der Waals surface area contributed by atoms with E-state index in [1.54, 1.807) is 31.2 Å². The topological polar surface area (TPSA) is 161 Å². The first-order valence-electron chi connectivity index (χ1n) is 8.35. The normalized spacial score (nSPS) is 11.8. The number of nitrogens with one attached hydrogen (secondary N) is 2. The van der Waals surface area contributed by atoms with Crippen LogP contribution in [0.1, 0.15) is 35.2 Å². The van der Waals surface area contributed by atoms with Crippen LogP contribution in [0.3, 0.4) is 0 Å². The highest BCUT2D eigenvalue weighted by Gasteiger charge is 2.24. The molecule has 1 aromatic heterocycles. The largest absolute Gasteiger partial charge is 0.508 e. The smallest absolute Gasteiger partial charge is 0.311 e. The number of para-hydroxylation sites is 1. The van der Waals surface area contributed by atoms with Crippen LogP contribution in [0.4, 0.5) is 5.69 Å². The lowest BCUT2D eigenvalue weighted by molar-refractivity contribution is -0.138. The van der Waals surface area contributed by atoms with Gasteiger partial charge in [-0.2, -0.15) is 5.21 Å². The van der Waals surface area contributed by atoms with Gasteiger partial charge in [0, 0.05) is 11.1 Å². The van der Waals surface area contributed by atoms with Crippen LogP contribution in [0.25, 0.3) is 11.4 Å². The van der Waals surface area contributed by atoms with E-state index in [0.717, 1.165) is 12.1 Å². The van der Waals surface area contributed by atoms with E-state index in [1.807, 2.05) is 0 Å².